The Bertz CT molecular complexity index is 1050. The molecule has 1 saturated carbocycles. The predicted octanol–water partition coefficient (Wildman–Crippen LogP) is 3.94. The van der Waals surface area contributed by atoms with E-state index in [0.717, 1.165) is 61.8 Å². The number of aryl methyl sites for hydroxylation is 1. The molecule has 1 amide bonds. The minimum absolute atomic E-state index is 0.0615. The van der Waals surface area contributed by atoms with Crippen LogP contribution in [0, 0.1) is 6.92 Å². The number of nitrogens with zero attached hydrogens (tertiary/aromatic N) is 4. The molecule has 3 aliphatic rings. The molecular weight excluding hydrogens is 380 g/mol. The van der Waals surface area contributed by atoms with Crippen molar-refractivity contribution in [2.75, 3.05) is 6.54 Å². The summed E-state index contributed by atoms with van der Waals surface area (Å²) >= 11 is 0. The third-order valence-corrected chi connectivity index (χ3v) is 6.30. The van der Waals surface area contributed by atoms with Crippen molar-refractivity contribution in [3.63, 3.8) is 0 Å². The van der Waals surface area contributed by atoms with Crippen LogP contribution in [0.3, 0.4) is 0 Å². The average Bonchev–Trinajstić information content (AvgIpc) is 3.18. The van der Waals surface area contributed by atoms with Gasteiger partial charge >= 0.3 is 0 Å². The molecule has 7 nitrogen and oxygen atoms in total. The number of hydrogen-bond donors (Lipinski definition) is 1. The van der Waals surface area contributed by atoms with Crippen LogP contribution in [0.25, 0.3) is 11.8 Å². The first-order valence-corrected chi connectivity index (χ1v) is 10.7. The average molecular weight is 406 g/mol. The van der Waals surface area contributed by atoms with Gasteiger partial charge in [0.15, 0.2) is 5.84 Å². The molecule has 1 aromatic heterocycles. The van der Waals surface area contributed by atoms with E-state index >= 15 is 0 Å². The Morgan fingerprint density at radius 2 is 2.03 bits per heavy atom. The van der Waals surface area contributed by atoms with Gasteiger partial charge < -0.3 is 14.5 Å². The van der Waals surface area contributed by atoms with Crippen LogP contribution in [0.4, 0.5) is 0 Å². The molecule has 1 N–H and O–H groups in total. The number of piperidine rings is 1. The molecule has 30 heavy (non-hydrogen) atoms. The number of aromatic hydroxyl groups is 1. The Morgan fingerprint density at radius 3 is 2.77 bits per heavy atom. The summed E-state index contributed by atoms with van der Waals surface area (Å²) in [6, 6.07) is 5.54. The zero-order valence-electron chi connectivity index (χ0n) is 17.2. The number of oxime groups is 1. The van der Waals surface area contributed by atoms with Crippen molar-refractivity contribution in [2.24, 2.45) is 5.16 Å². The van der Waals surface area contributed by atoms with Gasteiger partial charge in [0.1, 0.15) is 5.75 Å². The van der Waals surface area contributed by atoms with Crippen molar-refractivity contribution < 1.29 is 14.7 Å². The first-order valence-electron chi connectivity index (χ1n) is 10.7. The van der Waals surface area contributed by atoms with Crippen LogP contribution in [-0.2, 0) is 9.63 Å². The molecule has 156 valence electrons. The van der Waals surface area contributed by atoms with Gasteiger partial charge in [0.25, 0.3) is 5.91 Å². The fourth-order valence-electron chi connectivity index (χ4n) is 4.71. The van der Waals surface area contributed by atoms with Gasteiger partial charge in [-0.05, 0) is 74.8 Å². The van der Waals surface area contributed by atoms with Crippen molar-refractivity contribution in [1.29, 1.82) is 0 Å². The van der Waals surface area contributed by atoms with E-state index in [1.165, 1.54) is 0 Å². The largest absolute Gasteiger partial charge is 0.506 e. The molecule has 1 spiro atoms. The quantitative estimate of drug-likeness (QED) is 0.819. The first kappa shape index (κ1) is 18.9. The number of amidine groups is 1. The van der Waals surface area contributed by atoms with E-state index in [1.54, 1.807) is 17.0 Å². The van der Waals surface area contributed by atoms with Crippen molar-refractivity contribution in [3.8, 4) is 11.4 Å². The molecule has 3 heterocycles. The van der Waals surface area contributed by atoms with E-state index in [1.807, 2.05) is 36.2 Å². The Kier molecular flexibility index (Phi) is 4.60. The van der Waals surface area contributed by atoms with Crippen molar-refractivity contribution in [2.45, 2.75) is 57.5 Å². The lowest BCUT2D eigenvalue weighted by Crippen LogP contribution is -2.58. The molecule has 0 bridgehead atoms. The first-order chi connectivity index (χ1) is 14.6. The number of benzene rings is 1. The van der Waals surface area contributed by atoms with E-state index in [-0.39, 0.29) is 11.7 Å². The minimum atomic E-state index is -0.757. The summed E-state index contributed by atoms with van der Waals surface area (Å²) in [4.78, 5) is 25.1. The second-order valence-corrected chi connectivity index (χ2v) is 8.46. The lowest BCUT2D eigenvalue weighted by Gasteiger charge is -2.43. The molecule has 0 unspecified atom stereocenters. The number of carbonyl (C=O) groups excluding carboxylic acids is 1. The van der Waals surface area contributed by atoms with E-state index in [4.69, 9.17) is 4.84 Å². The molecule has 5 rings (SSSR count). The number of phenols is 1. The Morgan fingerprint density at radius 1 is 1.20 bits per heavy atom. The summed E-state index contributed by atoms with van der Waals surface area (Å²) in [5, 5.41) is 15.0. The number of fused-ring (bicyclic) bond motifs is 1. The van der Waals surface area contributed by atoms with Gasteiger partial charge in [-0.3, -0.25) is 9.69 Å². The van der Waals surface area contributed by atoms with E-state index in [2.05, 4.69) is 10.1 Å². The van der Waals surface area contributed by atoms with Crippen molar-refractivity contribution >= 4 is 17.8 Å². The second kappa shape index (κ2) is 7.31. The molecule has 1 aliphatic carbocycles. The van der Waals surface area contributed by atoms with Crippen LogP contribution < -0.4 is 0 Å². The standard InChI is InChI=1S/C23H26N4O3/c1-16-14-26(15-24-16)19-8-7-17(13-20(19)28)12-18-6-5-11-27-21(18)25-30-23(22(27)29)9-3-2-4-10-23/h7-8,12-15,28H,2-6,9-11H2,1H3/b18-12+. The van der Waals surface area contributed by atoms with Gasteiger partial charge in [-0.25, -0.2) is 4.98 Å². The minimum Gasteiger partial charge on any atom is -0.506 e. The van der Waals surface area contributed by atoms with Crippen LogP contribution in [0.1, 0.15) is 56.2 Å². The third kappa shape index (κ3) is 3.18. The normalized spacial score (nSPS) is 22.0. The highest BCUT2D eigenvalue weighted by atomic mass is 16.7. The number of hydrogen-bond acceptors (Lipinski definition) is 5. The molecule has 1 aromatic carbocycles. The molecule has 0 radical (unpaired) electrons. The van der Waals surface area contributed by atoms with Crippen LogP contribution in [0.2, 0.25) is 0 Å². The summed E-state index contributed by atoms with van der Waals surface area (Å²) in [5.74, 6) is 0.858. The number of carbonyl (C=O) groups is 1. The number of amides is 1. The van der Waals surface area contributed by atoms with Crippen molar-refractivity contribution in [1.82, 2.24) is 14.5 Å². The Balaban J connectivity index is 1.44. The maximum atomic E-state index is 13.2. The summed E-state index contributed by atoms with van der Waals surface area (Å²) in [5.41, 5.74) is 2.63. The van der Waals surface area contributed by atoms with Gasteiger partial charge in [0, 0.05) is 12.7 Å². The zero-order valence-corrected chi connectivity index (χ0v) is 17.2. The van der Waals surface area contributed by atoms with Crippen LogP contribution in [-0.4, -0.2) is 43.4 Å². The number of rotatable bonds is 2. The monoisotopic (exact) mass is 406 g/mol. The van der Waals surface area contributed by atoms with Crippen LogP contribution in [0.15, 0.2) is 41.5 Å². The predicted molar refractivity (Wildman–Crippen MR) is 113 cm³/mol. The van der Waals surface area contributed by atoms with Crippen LogP contribution in [0.5, 0.6) is 5.75 Å². The highest BCUT2D eigenvalue weighted by Gasteiger charge is 2.49. The fraction of sp³-hybridized carbons (Fsp3) is 0.435. The van der Waals surface area contributed by atoms with E-state index < -0.39 is 5.60 Å². The zero-order chi connectivity index (χ0) is 20.7. The SMILES string of the molecule is Cc1cn(-c2ccc(/C=C3\CCCN4C(=O)C5(CCCCC5)ON=C34)cc2O)cn1. The van der Waals surface area contributed by atoms with Crippen molar-refractivity contribution in [3.05, 3.63) is 47.6 Å². The smallest absolute Gasteiger partial charge is 0.275 e. The molecule has 2 aromatic rings. The molecule has 0 atom stereocenters. The maximum absolute atomic E-state index is 13.2. The maximum Gasteiger partial charge on any atom is 0.275 e. The van der Waals surface area contributed by atoms with Gasteiger partial charge in [0.05, 0.1) is 17.7 Å². The van der Waals surface area contributed by atoms with Gasteiger partial charge in [-0.1, -0.05) is 17.6 Å². The molecule has 7 heteroatoms. The summed E-state index contributed by atoms with van der Waals surface area (Å²) in [6.45, 7) is 2.59. The molecule has 2 fully saturated rings. The van der Waals surface area contributed by atoms with Gasteiger partial charge in [0.2, 0.25) is 5.60 Å². The lowest BCUT2D eigenvalue weighted by molar-refractivity contribution is -0.165. The Labute approximate surface area is 175 Å². The highest BCUT2D eigenvalue weighted by Crippen LogP contribution is 2.38. The summed E-state index contributed by atoms with van der Waals surface area (Å²) in [6.07, 6.45) is 11.9. The topological polar surface area (TPSA) is 80.0 Å². The third-order valence-electron chi connectivity index (χ3n) is 6.30. The summed E-state index contributed by atoms with van der Waals surface area (Å²) in [7, 11) is 0. The van der Waals surface area contributed by atoms with E-state index in [0.29, 0.717) is 18.1 Å². The highest BCUT2D eigenvalue weighted by molar-refractivity contribution is 6.13. The van der Waals surface area contributed by atoms with Gasteiger partial charge in [-0.15, -0.1) is 0 Å². The summed E-state index contributed by atoms with van der Waals surface area (Å²) < 4.78 is 1.80. The molecule has 2 aliphatic heterocycles. The van der Waals surface area contributed by atoms with Crippen LogP contribution >= 0.6 is 0 Å². The lowest BCUT2D eigenvalue weighted by atomic mass is 9.82. The number of aromatic nitrogens is 2. The number of phenolic OH excluding ortho intramolecular Hbond substituents is 1. The fourth-order valence-corrected chi connectivity index (χ4v) is 4.71. The molecular formula is C23H26N4O3. The number of imidazole rings is 1. The Hall–Kier alpha value is -3.09. The second-order valence-electron chi connectivity index (χ2n) is 8.46. The van der Waals surface area contributed by atoms with E-state index in [9.17, 15) is 9.90 Å². The molecule has 1 saturated heterocycles. The van der Waals surface area contributed by atoms with Gasteiger partial charge in [-0.2, -0.15) is 0 Å².